The summed E-state index contributed by atoms with van der Waals surface area (Å²) in [6, 6.07) is 13.4. The maximum absolute atomic E-state index is 11.0. The normalized spacial score (nSPS) is 10.1. The van der Waals surface area contributed by atoms with Crippen LogP contribution in [0.4, 0.5) is 10.5 Å². The van der Waals surface area contributed by atoms with Crippen molar-refractivity contribution in [1.82, 2.24) is 10.3 Å². The van der Waals surface area contributed by atoms with Crippen molar-refractivity contribution < 1.29 is 9.53 Å². The molecule has 104 valence electrons. The van der Waals surface area contributed by atoms with E-state index in [4.69, 9.17) is 0 Å². The van der Waals surface area contributed by atoms with Crippen molar-refractivity contribution >= 4 is 11.8 Å². The van der Waals surface area contributed by atoms with Crippen LogP contribution in [0.3, 0.4) is 0 Å². The molecular formula is C15H17N3O2. The highest BCUT2D eigenvalue weighted by Crippen LogP contribution is 2.09. The second kappa shape index (κ2) is 7.25. The number of anilines is 1. The number of amides is 1. The minimum atomic E-state index is -0.467. The van der Waals surface area contributed by atoms with E-state index in [9.17, 15) is 4.79 Å². The first-order valence-electron chi connectivity index (χ1n) is 6.32. The Hall–Kier alpha value is -2.40. The predicted octanol–water partition coefficient (Wildman–Crippen LogP) is 2.55. The summed E-state index contributed by atoms with van der Waals surface area (Å²) in [7, 11) is 1.34. The molecular weight excluding hydrogens is 254 g/mol. The summed E-state index contributed by atoms with van der Waals surface area (Å²) >= 11 is 0. The zero-order valence-electron chi connectivity index (χ0n) is 11.3. The van der Waals surface area contributed by atoms with Crippen LogP contribution in [0.2, 0.25) is 0 Å². The number of pyridine rings is 1. The van der Waals surface area contributed by atoms with E-state index in [-0.39, 0.29) is 0 Å². The molecule has 1 amide bonds. The lowest BCUT2D eigenvalue weighted by Gasteiger charge is -2.07. The minimum Gasteiger partial charge on any atom is -0.453 e. The fourth-order valence-corrected chi connectivity index (χ4v) is 1.71. The number of nitrogens with one attached hydrogen (secondary N) is 2. The molecule has 2 aromatic rings. The molecule has 0 aliphatic rings. The number of carbonyl (C=O) groups is 1. The van der Waals surface area contributed by atoms with Gasteiger partial charge in [0.1, 0.15) is 0 Å². The van der Waals surface area contributed by atoms with E-state index in [0.29, 0.717) is 5.69 Å². The number of aromatic nitrogens is 1. The Morgan fingerprint density at radius 2 is 1.95 bits per heavy atom. The molecule has 5 nitrogen and oxygen atoms in total. The summed E-state index contributed by atoms with van der Waals surface area (Å²) in [6.45, 7) is 1.47. The largest absolute Gasteiger partial charge is 0.453 e. The third kappa shape index (κ3) is 4.37. The van der Waals surface area contributed by atoms with E-state index in [1.165, 1.54) is 7.11 Å². The Kier molecular flexibility index (Phi) is 5.08. The van der Waals surface area contributed by atoms with Crippen LogP contribution in [0.15, 0.2) is 48.7 Å². The van der Waals surface area contributed by atoms with Crippen molar-refractivity contribution in [2.45, 2.75) is 13.1 Å². The maximum atomic E-state index is 11.0. The molecule has 0 aliphatic carbocycles. The minimum absolute atomic E-state index is 0.467. The molecule has 0 radical (unpaired) electrons. The standard InChI is InChI=1S/C15H17N3O2/c1-20-15(19)18-13-7-5-12(6-8-13)10-16-11-14-4-2-3-9-17-14/h2-9,16H,10-11H2,1H3,(H,18,19). The highest BCUT2D eigenvalue weighted by atomic mass is 16.5. The Bertz CT molecular complexity index is 541. The Morgan fingerprint density at radius 1 is 1.15 bits per heavy atom. The van der Waals surface area contributed by atoms with Crippen LogP contribution in [0, 0.1) is 0 Å². The van der Waals surface area contributed by atoms with Gasteiger partial charge in [-0.1, -0.05) is 18.2 Å². The van der Waals surface area contributed by atoms with E-state index >= 15 is 0 Å². The van der Waals surface area contributed by atoms with Crippen molar-refractivity contribution in [3.8, 4) is 0 Å². The van der Waals surface area contributed by atoms with Gasteiger partial charge in [-0.25, -0.2) is 4.79 Å². The maximum Gasteiger partial charge on any atom is 0.411 e. The summed E-state index contributed by atoms with van der Waals surface area (Å²) < 4.78 is 4.53. The number of hydrogen-bond donors (Lipinski definition) is 2. The molecule has 20 heavy (non-hydrogen) atoms. The van der Waals surface area contributed by atoms with Crippen molar-refractivity contribution in [2.75, 3.05) is 12.4 Å². The Balaban J connectivity index is 1.80. The molecule has 0 aliphatic heterocycles. The van der Waals surface area contributed by atoms with Crippen LogP contribution in [-0.2, 0) is 17.8 Å². The molecule has 2 rings (SSSR count). The molecule has 1 heterocycles. The Labute approximate surface area is 118 Å². The van der Waals surface area contributed by atoms with E-state index in [1.807, 2.05) is 42.5 Å². The molecule has 5 heteroatoms. The number of benzene rings is 1. The SMILES string of the molecule is COC(=O)Nc1ccc(CNCc2ccccn2)cc1. The van der Waals surface area contributed by atoms with Gasteiger partial charge in [-0.2, -0.15) is 0 Å². The molecule has 1 aromatic carbocycles. The van der Waals surface area contributed by atoms with Gasteiger partial charge in [0.25, 0.3) is 0 Å². The molecule has 0 fully saturated rings. The molecule has 2 N–H and O–H groups in total. The van der Waals surface area contributed by atoms with Crippen molar-refractivity contribution in [3.63, 3.8) is 0 Å². The van der Waals surface area contributed by atoms with Crippen LogP contribution >= 0.6 is 0 Å². The number of nitrogens with zero attached hydrogens (tertiary/aromatic N) is 1. The average molecular weight is 271 g/mol. The van der Waals surface area contributed by atoms with Crippen LogP contribution in [0.1, 0.15) is 11.3 Å². The van der Waals surface area contributed by atoms with E-state index in [0.717, 1.165) is 24.3 Å². The highest BCUT2D eigenvalue weighted by Gasteiger charge is 2.00. The summed E-state index contributed by atoms with van der Waals surface area (Å²) in [6.07, 6.45) is 1.32. The molecule has 0 unspecified atom stereocenters. The number of hydrogen-bond acceptors (Lipinski definition) is 4. The van der Waals surface area contributed by atoms with E-state index < -0.39 is 6.09 Å². The fourth-order valence-electron chi connectivity index (χ4n) is 1.71. The lowest BCUT2D eigenvalue weighted by Crippen LogP contribution is -2.14. The highest BCUT2D eigenvalue weighted by molar-refractivity contribution is 5.84. The van der Waals surface area contributed by atoms with Gasteiger partial charge in [-0.05, 0) is 29.8 Å². The predicted molar refractivity (Wildman–Crippen MR) is 77.3 cm³/mol. The van der Waals surface area contributed by atoms with E-state index in [1.54, 1.807) is 6.20 Å². The van der Waals surface area contributed by atoms with Gasteiger partial charge in [0.05, 0.1) is 12.8 Å². The lowest BCUT2D eigenvalue weighted by molar-refractivity contribution is 0.187. The summed E-state index contributed by atoms with van der Waals surface area (Å²) in [5, 5.41) is 5.92. The van der Waals surface area contributed by atoms with E-state index in [2.05, 4.69) is 20.4 Å². The topological polar surface area (TPSA) is 63.2 Å². The Morgan fingerprint density at radius 3 is 2.60 bits per heavy atom. The number of rotatable bonds is 5. The first kappa shape index (κ1) is 14.0. The second-order valence-electron chi connectivity index (χ2n) is 4.24. The summed E-state index contributed by atoms with van der Waals surface area (Å²) in [5.41, 5.74) is 2.86. The molecule has 0 saturated carbocycles. The van der Waals surface area contributed by atoms with Gasteiger partial charge in [0.15, 0.2) is 0 Å². The monoisotopic (exact) mass is 271 g/mol. The van der Waals surface area contributed by atoms with Gasteiger partial charge in [-0.3, -0.25) is 10.3 Å². The van der Waals surface area contributed by atoms with Crippen molar-refractivity contribution in [1.29, 1.82) is 0 Å². The van der Waals surface area contributed by atoms with Crippen LogP contribution in [0.5, 0.6) is 0 Å². The smallest absolute Gasteiger partial charge is 0.411 e. The van der Waals surface area contributed by atoms with Gasteiger partial charge in [0, 0.05) is 25.0 Å². The first-order valence-corrected chi connectivity index (χ1v) is 6.32. The molecule has 0 saturated heterocycles. The molecule has 0 atom stereocenters. The van der Waals surface area contributed by atoms with Crippen LogP contribution in [-0.4, -0.2) is 18.2 Å². The zero-order valence-corrected chi connectivity index (χ0v) is 11.3. The number of ether oxygens (including phenoxy) is 1. The summed E-state index contributed by atoms with van der Waals surface area (Å²) in [4.78, 5) is 15.3. The van der Waals surface area contributed by atoms with Gasteiger partial charge in [-0.15, -0.1) is 0 Å². The molecule has 0 spiro atoms. The van der Waals surface area contributed by atoms with Crippen LogP contribution < -0.4 is 10.6 Å². The zero-order chi connectivity index (χ0) is 14.2. The average Bonchev–Trinajstić information content (AvgIpc) is 2.50. The van der Waals surface area contributed by atoms with Gasteiger partial charge >= 0.3 is 6.09 Å². The quantitative estimate of drug-likeness (QED) is 0.877. The number of carbonyl (C=O) groups excluding carboxylic acids is 1. The van der Waals surface area contributed by atoms with Gasteiger partial charge < -0.3 is 10.1 Å². The number of methoxy groups -OCH3 is 1. The van der Waals surface area contributed by atoms with Crippen LogP contribution in [0.25, 0.3) is 0 Å². The second-order valence-corrected chi connectivity index (χ2v) is 4.24. The third-order valence-corrected chi connectivity index (χ3v) is 2.75. The van der Waals surface area contributed by atoms with Gasteiger partial charge in [0.2, 0.25) is 0 Å². The van der Waals surface area contributed by atoms with Crippen molar-refractivity contribution in [2.24, 2.45) is 0 Å². The molecule has 0 bridgehead atoms. The first-order chi connectivity index (χ1) is 9.78. The third-order valence-electron chi connectivity index (χ3n) is 2.75. The summed E-state index contributed by atoms with van der Waals surface area (Å²) in [5.74, 6) is 0. The lowest BCUT2D eigenvalue weighted by atomic mass is 10.2. The fraction of sp³-hybridized carbons (Fsp3) is 0.200. The molecule has 1 aromatic heterocycles. The van der Waals surface area contributed by atoms with Crippen molar-refractivity contribution in [3.05, 3.63) is 59.9 Å².